The van der Waals surface area contributed by atoms with Crippen molar-refractivity contribution >= 4 is 12.1 Å². The quantitative estimate of drug-likeness (QED) is 0.595. The fourth-order valence-corrected chi connectivity index (χ4v) is 1.67. The molecule has 104 valence electrons. The molecule has 18 heavy (non-hydrogen) atoms. The molecule has 6 heteroatoms. The zero-order valence-electron chi connectivity index (χ0n) is 11.3. The summed E-state index contributed by atoms with van der Waals surface area (Å²) in [7, 11) is 0. The maximum Gasteiger partial charge on any atom is 0.411 e. The molecule has 1 saturated heterocycles. The first-order valence-electron chi connectivity index (χ1n) is 6.23. The third-order valence-electron chi connectivity index (χ3n) is 2.48. The Labute approximate surface area is 107 Å². The number of rotatable bonds is 2. The van der Waals surface area contributed by atoms with Crippen molar-refractivity contribution in [2.24, 2.45) is 5.73 Å². The van der Waals surface area contributed by atoms with Crippen LogP contribution in [0.25, 0.3) is 0 Å². The van der Waals surface area contributed by atoms with Gasteiger partial charge in [0, 0.05) is 13.1 Å². The van der Waals surface area contributed by atoms with Crippen molar-refractivity contribution in [2.45, 2.75) is 51.9 Å². The van der Waals surface area contributed by atoms with Crippen LogP contribution in [0.3, 0.4) is 0 Å². The normalized spacial score (nSPS) is 18.1. The summed E-state index contributed by atoms with van der Waals surface area (Å²) >= 11 is 0. The SMILES string of the molecule is CC(C)(C)OC(=O)C(N)OC(=O)N1CCCCC1. The molecular weight excluding hydrogens is 236 g/mol. The van der Waals surface area contributed by atoms with E-state index in [0.717, 1.165) is 19.3 Å². The van der Waals surface area contributed by atoms with Crippen LogP contribution in [-0.4, -0.2) is 41.9 Å². The van der Waals surface area contributed by atoms with Crippen molar-refractivity contribution in [1.82, 2.24) is 4.90 Å². The summed E-state index contributed by atoms with van der Waals surface area (Å²) in [5.74, 6) is -0.729. The third-order valence-corrected chi connectivity index (χ3v) is 2.48. The van der Waals surface area contributed by atoms with Crippen LogP contribution >= 0.6 is 0 Å². The number of ether oxygens (including phenoxy) is 2. The number of likely N-dealkylation sites (tertiary alicyclic amines) is 1. The number of amides is 1. The van der Waals surface area contributed by atoms with Crippen LogP contribution in [0, 0.1) is 0 Å². The summed E-state index contributed by atoms with van der Waals surface area (Å²) < 4.78 is 9.92. The Morgan fingerprint density at radius 2 is 1.72 bits per heavy atom. The fraction of sp³-hybridized carbons (Fsp3) is 0.833. The molecule has 0 aliphatic carbocycles. The summed E-state index contributed by atoms with van der Waals surface area (Å²) in [6, 6.07) is 0. The second-order valence-corrected chi connectivity index (χ2v) is 5.39. The van der Waals surface area contributed by atoms with E-state index in [9.17, 15) is 9.59 Å². The average molecular weight is 258 g/mol. The number of nitrogens with two attached hydrogens (primary N) is 1. The minimum absolute atomic E-state index is 0.548. The highest BCUT2D eigenvalue weighted by Gasteiger charge is 2.27. The van der Waals surface area contributed by atoms with Crippen molar-refractivity contribution in [2.75, 3.05) is 13.1 Å². The lowest BCUT2D eigenvalue weighted by Crippen LogP contribution is -2.45. The number of nitrogens with zero attached hydrogens (tertiary/aromatic N) is 1. The van der Waals surface area contributed by atoms with Crippen molar-refractivity contribution in [3.05, 3.63) is 0 Å². The van der Waals surface area contributed by atoms with Crippen LogP contribution in [0.2, 0.25) is 0 Å². The van der Waals surface area contributed by atoms with Crippen LogP contribution in [0.15, 0.2) is 0 Å². The van der Waals surface area contributed by atoms with Crippen molar-refractivity contribution in [3.63, 3.8) is 0 Å². The Kier molecular flexibility index (Phi) is 4.95. The van der Waals surface area contributed by atoms with E-state index in [1.165, 1.54) is 0 Å². The van der Waals surface area contributed by atoms with E-state index in [0.29, 0.717) is 13.1 Å². The van der Waals surface area contributed by atoms with Gasteiger partial charge in [0.1, 0.15) is 5.60 Å². The lowest BCUT2D eigenvalue weighted by atomic mass is 10.1. The summed E-state index contributed by atoms with van der Waals surface area (Å²) in [5.41, 5.74) is 4.84. The third kappa shape index (κ3) is 4.91. The molecule has 1 amide bonds. The number of piperidine rings is 1. The molecule has 0 aromatic heterocycles. The standard InChI is InChI=1S/C12H22N2O4/c1-12(2,3)18-10(15)9(13)17-11(16)14-7-5-4-6-8-14/h9H,4-8,13H2,1-3H3. The molecule has 1 fully saturated rings. The Balaban J connectivity index is 2.41. The van der Waals surface area contributed by atoms with Gasteiger partial charge in [-0.1, -0.05) is 0 Å². The van der Waals surface area contributed by atoms with Gasteiger partial charge < -0.3 is 14.4 Å². The molecule has 0 aromatic rings. The van der Waals surface area contributed by atoms with Gasteiger partial charge in [-0.05, 0) is 40.0 Å². The van der Waals surface area contributed by atoms with Gasteiger partial charge in [-0.25, -0.2) is 9.59 Å². The Morgan fingerprint density at radius 3 is 2.22 bits per heavy atom. The summed E-state index contributed by atoms with van der Waals surface area (Å²) in [6.45, 7) is 6.48. The minimum atomic E-state index is -1.36. The van der Waals surface area contributed by atoms with Crippen LogP contribution in [0.1, 0.15) is 40.0 Å². The predicted octanol–water partition coefficient (Wildman–Crippen LogP) is 1.24. The van der Waals surface area contributed by atoms with Gasteiger partial charge in [-0.2, -0.15) is 0 Å². The van der Waals surface area contributed by atoms with E-state index >= 15 is 0 Å². The smallest absolute Gasteiger partial charge is 0.411 e. The molecule has 1 unspecified atom stereocenters. The lowest BCUT2D eigenvalue weighted by molar-refractivity contribution is -0.165. The molecular formula is C12H22N2O4. The molecule has 1 aliphatic rings. The molecule has 0 bridgehead atoms. The first-order chi connectivity index (χ1) is 8.29. The van der Waals surface area contributed by atoms with Crippen LogP contribution < -0.4 is 5.73 Å². The van der Waals surface area contributed by atoms with Crippen molar-refractivity contribution in [1.29, 1.82) is 0 Å². The van der Waals surface area contributed by atoms with Gasteiger partial charge in [0.05, 0.1) is 0 Å². The number of carbonyl (C=O) groups is 2. The molecule has 0 saturated carbocycles. The Bertz CT molecular complexity index is 306. The van der Waals surface area contributed by atoms with E-state index < -0.39 is 23.9 Å². The number of carbonyl (C=O) groups excluding carboxylic acids is 2. The van der Waals surface area contributed by atoms with Gasteiger partial charge >= 0.3 is 12.1 Å². The van der Waals surface area contributed by atoms with Crippen LogP contribution in [-0.2, 0) is 14.3 Å². The van der Waals surface area contributed by atoms with E-state index in [1.807, 2.05) is 0 Å². The van der Waals surface area contributed by atoms with Crippen molar-refractivity contribution < 1.29 is 19.1 Å². The second kappa shape index (κ2) is 6.04. The molecule has 0 radical (unpaired) electrons. The predicted molar refractivity (Wildman–Crippen MR) is 65.7 cm³/mol. The van der Waals surface area contributed by atoms with Gasteiger partial charge in [0.15, 0.2) is 0 Å². The van der Waals surface area contributed by atoms with E-state index in [1.54, 1.807) is 25.7 Å². The van der Waals surface area contributed by atoms with E-state index in [-0.39, 0.29) is 0 Å². The van der Waals surface area contributed by atoms with Crippen LogP contribution in [0.5, 0.6) is 0 Å². The summed E-state index contributed by atoms with van der Waals surface area (Å²) in [6.07, 6.45) is 1.11. The Morgan fingerprint density at radius 1 is 1.17 bits per heavy atom. The zero-order valence-corrected chi connectivity index (χ0v) is 11.3. The minimum Gasteiger partial charge on any atom is -0.456 e. The van der Waals surface area contributed by atoms with E-state index in [2.05, 4.69) is 0 Å². The van der Waals surface area contributed by atoms with Gasteiger partial charge in [-0.3, -0.25) is 5.73 Å². The van der Waals surface area contributed by atoms with Crippen molar-refractivity contribution in [3.8, 4) is 0 Å². The van der Waals surface area contributed by atoms with Gasteiger partial charge in [0.2, 0.25) is 0 Å². The topological polar surface area (TPSA) is 81.9 Å². The molecule has 0 spiro atoms. The molecule has 2 N–H and O–H groups in total. The fourth-order valence-electron chi connectivity index (χ4n) is 1.67. The Hall–Kier alpha value is -1.30. The summed E-state index contributed by atoms with van der Waals surface area (Å²) in [5, 5.41) is 0. The molecule has 6 nitrogen and oxygen atoms in total. The first kappa shape index (κ1) is 14.8. The largest absolute Gasteiger partial charge is 0.456 e. The maximum absolute atomic E-state index is 11.7. The highest BCUT2D eigenvalue weighted by Crippen LogP contribution is 2.12. The molecule has 0 aromatic carbocycles. The first-order valence-corrected chi connectivity index (χ1v) is 6.23. The van der Waals surface area contributed by atoms with Gasteiger partial charge in [0.25, 0.3) is 6.23 Å². The number of hydrogen-bond donors (Lipinski definition) is 1. The monoisotopic (exact) mass is 258 g/mol. The zero-order chi connectivity index (χ0) is 13.8. The molecule has 1 aliphatic heterocycles. The maximum atomic E-state index is 11.7. The van der Waals surface area contributed by atoms with E-state index in [4.69, 9.17) is 15.2 Å². The molecule has 1 atom stereocenters. The number of esters is 1. The summed E-state index contributed by atoms with van der Waals surface area (Å²) in [4.78, 5) is 24.8. The number of hydrogen-bond acceptors (Lipinski definition) is 5. The molecule has 1 heterocycles. The van der Waals surface area contributed by atoms with Gasteiger partial charge in [-0.15, -0.1) is 0 Å². The highest BCUT2D eigenvalue weighted by atomic mass is 16.6. The van der Waals surface area contributed by atoms with Crippen LogP contribution in [0.4, 0.5) is 4.79 Å². The lowest BCUT2D eigenvalue weighted by Gasteiger charge is -2.27. The average Bonchev–Trinajstić information content (AvgIpc) is 2.27. The highest BCUT2D eigenvalue weighted by molar-refractivity contribution is 5.78. The second-order valence-electron chi connectivity index (χ2n) is 5.39. The molecule has 1 rings (SSSR count).